The summed E-state index contributed by atoms with van der Waals surface area (Å²) in [4.78, 5) is 14.3. The molecule has 2 aromatic rings. The quantitative estimate of drug-likeness (QED) is 0.585. The molecule has 6 rings (SSSR count). The molecule has 13 heteroatoms. The first-order valence-electron chi connectivity index (χ1n) is 11.8. The van der Waals surface area contributed by atoms with Crippen molar-refractivity contribution in [3.8, 4) is 0 Å². The number of fused-ring (bicyclic) bond motifs is 3. The van der Waals surface area contributed by atoms with Crippen LogP contribution in [0.4, 0.5) is 33.7 Å². The third-order valence-corrected chi connectivity index (χ3v) is 8.51. The topological polar surface area (TPSA) is 91.3 Å². The number of likely N-dealkylation sites (tertiary alicyclic amines) is 1. The summed E-state index contributed by atoms with van der Waals surface area (Å²) in [5.41, 5.74) is 0.373. The molecule has 1 N–H and O–H groups in total. The predicted octanol–water partition coefficient (Wildman–Crippen LogP) is 4.28. The van der Waals surface area contributed by atoms with Crippen molar-refractivity contribution in [3.63, 3.8) is 0 Å². The summed E-state index contributed by atoms with van der Waals surface area (Å²) < 4.78 is 92.6. The normalized spacial score (nSPS) is 25.9. The maximum absolute atomic E-state index is 14.6. The van der Waals surface area contributed by atoms with Gasteiger partial charge >= 0.3 is 12.3 Å². The average molecular weight is 539 g/mol. The molecule has 2 aromatic carbocycles. The second-order valence-electron chi connectivity index (χ2n) is 9.69. The fraction of sp³-hybridized carbons (Fsp3) is 0.417. The van der Waals surface area contributed by atoms with E-state index < -0.39 is 51.1 Å². The first kappa shape index (κ1) is 24.0. The van der Waals surface area contributed by atoms with Gasteiger partial charge in [-0.1, -0.05) is 30.3 Å². The van der Waals surface area contributed by atoms with Crippen molar-refractivity contribution in [1.82, 2.24) is 4.90 Å². The molecule has 3 fully saturated rings. The Labute approximate surface area is 210 Å². The van der Waals surface area contributed by atoms with Crippen molar-refractivity contribution in [2.45, 2.75) is 55.1 Å². The number of carbonyl (C=O) groups excluding carboxylic acids is 1. The van der Waals surface area contributed by atoms with Crippen LogP contribution in [0.3, 0.4) is 0 Å². The highest BCUT2D eigenvalue weighted by molar-refractivity contribution is 7.90. The van der Waals surface area contributed by atoms with E-state index in [0.717, 1.165) is 21.9 Å². The molecule has 0 aromatic heterocycles. The van der Waals surface area contributed by atoms with Crippen LogP contribution in [0.5, 0.6) is 0 Å². The monoisotopic (exact) mass is 538 g/mol. The molecule has 2 saturated heterocycles. The van der Waals surface area contributed by atoms with Crippen molar-refractivity contribution in [3.05, 3.63) is 53.8 Å². The van der Waals surface area contributed by atoms with Crippen molar-refractivity contribution < 1.29 is 35.5 Å². The van der Waals surface area contributed by atoms with E-state index >= 15 is 0 Å². The molecule has 8 nitrogen and oxygen atoms in total. The molecule has 1 aliphatic carbocycles. The lowest BCUT2D eigenvalue weighted by Crippen LogP contribution is -2.60. The van der Waals surface area contributed by atoms with Gasteiger partial charge in [0.25, 0.3) is 10.0 Å². The van der Waals surface area contributed by atoms with Gasteiger partial charge in [-0.05, 0) is 37.0 Å². The minimum atomic E-state index is -4.79. The van der Waals surface area contributed by atoms with E-state index in [1.165, 1.54) is 0 Å². The number of carbonyl (C=O) groups is 1. The van der Waals surface area contributed by atoms with E-state index in [-0.39, 0.29) is 42.7 Å². The van der Waals surface area contributed by atoms with Gasteiger partial charge in [0, 0.05) is 18.5 Å². The van der Waals surface area contributed by atoms with Gasteiger partial charge in [-0.2, -0.15) is 21.6 Å². The van der Waals surface area contributed by atoms with E-state index in [1.54, 1.807) is 30.3 Å². The number of alkyl halides is 3. The van der Waals surface area contributed by atoms with Gasteiger partial charge in [-0.3, -0.25) is 0 Å². The zero-order valence-electron chi connectivity index (χ0n) is 19.3. The Bertz CT molecular complexity index is 1400. The number of hydrogen-bond donors (Lipinski definition) is 1. The van der Waals surface area contributed by atoms with E-state index in [1.807, 2.05) is 0 Å². The molecule has 3 aliphatic heterocycles. The van der Waals surface area contributed by atoms with E-state index in [0.29, 0.717) is 18.4 Å². The van der Waals surface area contributed by atoms with Gasteiger partial charge in [-0.25, -0.2) is 9.18 Å². The average Bonchev–Trinajstić information content (AvgIpc) is 3.51. The minimum absolute atomic E-state index is 0.0216. The highest BCUT2D eigenvalue weighted by atomic mass is 32.2. The summed E-state index contributed by atoms with van der Waals surface area (Å²) in [7, 11) is -4.30. The lowest BCUT2D eigenvalue weighted by molar-refractivity contribution is -0.158. The number of sulfonamides is 1. The number of benzene rings is 2. The Balaban J connectivity index is 1.33. The summed E-state index contributed by atoms with van der Waals surface area (Å²) in [5, 5.41) is 2.88. The largest absolute Gasteiger partial charge is 0.445 e. The fourth-order valence-corrected chi connectivity index (χ4v) is 6.68. The molecule has 0 radical (unpaired) electrons. The van der Waals surface area contributed by atoms with Crippen LogP contribution in [0.1, 0.15) is 24.8 Å². The van der Waals surface area contributed by atoms with E-state index in [4.69, 9.17) is 4.74 Å². The van der Waals surface area contributed by atoms with Gasteiger partial charge in [0.1, 0.15) is 29.2 Å². The number of hydrogen-bond acceptors (Lipinski definition) is 6. The second-order valence-corrected chi connectivity index (χ2v) is 11.3. The number of amidine groups is 1. The molecular formula is C24H22F4N4O4S. The molecule has 4 aliphatic rings. The first-order chi connectivity index (χ1) is 17.5. The number of halogens is 4. The SMILES string of the molecule is O=C(OCc1ccccc1)N1C[C@H]2C[C@@H]1[C@H](C(F)(F)F)N2c1cc(F)cc2c1NC(C1CC1)=NS2(=O)=O. The van der Waals surface area contributed by atoms with Crippen molar-refractivity contribution >= 4 is 33.3 Å². The standard InChI is InChI=1S/C24H22F4N4O4S/c25-15-8-17(20-19(9-15)37(34,35)30-22(29-20)14-6-7-14)32-16-10-18(21(32)24(26,27)28)31(11-16)23(33)36-12-13-4-2-1-3-5-13/h1-5,8-9,14,16,18,21H,6-7,10-12H2,(H,29,30)/t16-,18-,21-/m1/s1. The van der Waals surface area contributed by atoms with Crippen LogP contribution in [0.25, 0.3) is 0 Å². The summed E-state index contributed by atoms with van der Waals surface area (Å²) in [6, 6.07) is 6.18. The number of nitrogens with zero attached hydrogens (tertiary/aromatic N) is 3. The van der Waals surface area contributed by atoms with Gasteiger partial charge in [0.05, 0.1) is 17.4 Å². The third kappa shape index (κ3) is 4.18. The zero-order valence-corrected chi connectivity index (χ0v) is 20.1. The number of piperazine rings is 1. The van der Waals surface area contributed by atoms with Crippen LogP contribution in [0.2, 0.25) is 0 Å². The van der Waals surface area contributed by atoms with Crippen LogP contribution in [-0.4, -0.2) is 56.1 Å². The molecule has 0 unspecified atom stereocenters. The Morgan fingerprint density at radius 2 is 1.89 bits per heavy atom. The van der Waals surface area contributed by atoms with Crippen LogP contribution < -0.4 is 10.2 Å². The highest BCUT2D eigenvalue weighted by Gasteiger charge is 2.62. The minimum Gasteiger partial charge on any atom is -0.445 e. The number of amides is 1. The maximum Gasteiger partial charge on any atom is 0.410 e. The summed E-state index contributed by atoms with van der Waals surface area (Å²) >= 11 is 0. The van der Waals surface area contributed by atoms with Gasteiger partial charge in [-0.15, -0.1) is 4.40 Å². The molecule has 2 bridgehead atoms. The van der Waals surface area contributed by atoms with Gasteiger partial charge in [0.15, 0.2) is 0 Å². The third-order valence-electron chi connectivity index (χ3n) is 7.19. The smallest absolute Gasteiger partial charge is 0.410 e. The highest BCUT2D eigenvalue weighted by Crippen LogP contribution is 2.50. The maximum atomic E-state index is 14.6. The summed E-state index contributed by atoms with van der Waals surface area (Å²) in [5.74, 6) is -0.976. The molecule has 196 valence electrons. The van der Waals surface area contributed by atoms with Crippen LogP contribution >= 0.6 is 0 Å². The van der Waals surface area contributed by atoms with Crippen LogP contribution in [0, 0.1) is 11.7 Å². The van der Waals surface area contributed by atoms with Crippen LogP contribution in [0.15, 0.2) is 51.8 Å². The lowest BCUT2D eigenvalue weighted by atomic mass is 10.1. The molecule has 37 heavy (non-hydrogen) atoms. The zero-order chi connectivity index (χ0) is 26.1. The second kappa shape index (κ2) is 8.33. The number of ether oxygens (including phenoxy) is 1. The number of nitrogens with one attached hydrogen (secondary N) is 1. The number of anilines is 2. The molecular weight excluding hydrogens is 516 g/mol. The molecule has 1 saturated carbocycles. The number of rotatable bonds is 4. The molecule has 0 spiro atoms. The van der Waals surface area contributed by atoms with Gasteiger partial charge < -0.3 is 19.9 Å². The van der Waals surface area contributed by atoms with Crippen molar-refractivity contribution in [2.24, 2.45) is 10.3 Å². The Kier molecular flexibility index (Phi) is 5.41. The van der Waals surface area contributed by atoms with Crippen molar-refractivity contribution in [2.75, 3.05) is 16.8 Å². The molecule has 1 amide bonds. The Hall–Kier alpha value is -3.35. The van der Waals surface area contributed by atoms with E-state index in [9.17, 15) is 30.8 Å². The summed E-state index contributed by atoms with van der Waals surface area (Å²) in [6.45, 7) is -0.164. The van der Waals surface area contributed by atoms with Crippen LogP contribution in [-0.2, 0) is 21.4 Å². The van der Waals surface area contributed by atoms with Crippen molar-refractivity contribution in [1.29, 1.82) is 0 Å². The molecule has 3 atom stereocenters. The summed E-state index contributed by atoms with van der Waals surface area (Å²) in [6.07, 6.45) is -4.28. The van der Waals surface area contributed by atoms with E-state index in [2.05, 4.69) is 9.71 Å². The van der Waals surface area contributed by atoms with Gasteiger partial charge in [0.2, 0.25) is 0 Å². The Morgan fingerprint density at radius 1 is 1.16 bits per heavy atom. The fourth-order valence-electron chi connectivity index (χ4n) is 5.45. The lowest BCUT2D eigenvalue weighted by Gasteiger charge is -2.43. The Morgan fingerprint density at radius 3 is 2.57 bits per heavy atom. The predicted molar refractivity (Wildman–Crippen MR) is 125 cm³/mol. The first-order valence-corrected chi connectivity index (χ1v) is 13.2. The molecule has 3 heterocycles.